The Morgan fingerprint density at radius 1 is 1.25 bits per heavy atom. The van der Waals surface area contributed by atoms with Gasteiger partial charge in [0.2, 0.25) is 0 Å². The Morgan fingerprint density at radius 3 is 2.19 bits per heavy atom. The monoisotopic (exact) mass is 223 g/mol. The number of nitrogens with zero attached hydrogens (tertiary/aromatic N) is 1. The lowest BCUT2D eigenvalue weighted by Crippen LogP contribution is -2.42. The fourth-order valence-corrected chi connectivity index (χ4v) is 3.29. The highest BCUT2D eigenvalue weighted by Crippen LogP contribution is 2.57. The zero-order valence-corrected chi connectivity index (χ0v) is 9.90. The van der Waals surface area contributed by atoms with E-state index in [4.69, 9.17) is 4.74 Å². The van der Waals surface area contributed by atoms with Crippen LogP contribution < -0.4 is 0 Å². The van der Waals surface area contributed by atoms with Crippen LogP contribution in [0.25, 0.3) is 0 Å². The summed E-state index contributed by atoms with van der Waals surface area (Å²) in [4.78, 5) is 25.2. The summed E-state index contributed by atoms with van der Waals surface area (Å²) in [5, 5.41) is 0. The number of ketones is 1. The number of fused-ring (bicyclic) bond motifs is 5. The van der Waals surface area contributed by atoms with Crippen molar-refractivity contribution in [2.24, 2.45) is 11.8 Å². The Hall–Kier alpha value is -1.06. The number of hydrogen-bond acceptors (Lipinski definition) is 3. The molecule has 0 aromatic rings. The van der Waals surface area contributed by atoms with Gasteiger partial charge in [0.1, 0.15) is 11.4 Å². The molecule has 3 fully saturated rings. The Morgan fingerprint density at radius 2 is 1.75 bits per heavy atom. The first-order valence-electron chi connectivity index (χ1n) is 5.95. The summed E-state index contributed by atoms with van der Waals surface area (Å²) in [6.45, 7) is 5.61. The predicted octanol–water partition coefficient (Wildman–Crippen LogP) is 1.58. The minimum Gasteiger partial charge on any atom is -0.444 e. The van der Waals surface area contributed by atoms with Gasteiger partial charge in [-0.3, -0.25) is 4.79 Å². The smallest absolute Gasteiger partial charge is 0.410 e. The quantitative estimate of drug-likeness (QED) is 0.626. The first-order valence-corrected chi connectivity index (χ1v) is 5.95. The minimum atomic E-state index is -0.451. The fraction of sp³-hybridized carbons (Fsp3) is 0.833. The largest absolute Gasteiger partial charge is 0.444 e. The molecule has 2 saturated heterocycles. The van der Waals surface area contributed by atoms with Crippen molar-refractivity contribution < 1.29 is 14.3 Å². The van der Waals surface area contributed by atoms with Crippen molar-refractivity contribution in [3.05, 3.63) is 0 Å². The zero-order chi connectivity index (χ0) is 11.7. The molecule has 4 heteroatoms. The molecule has 1 saturated carbocycles. The average Bonchev–Trinajstić information content (AvgIpc) is 2.57. The van der Waals surface area contributed by atoms with Gasteiger partial charge in [0.05, 0.1) is 11.8 Å². The van der Waals surface area contributed by atoms with Gasteiger partial charge in [0.15, 0.2) is 0 Å². The van der Waals surface area contributed by atoms with Crippen molar-refractivity contribution in [2.75, 3.05) is 0 Å². The van der Waals surface area contributed by atoms with Gasteiger partial charge in [-0.1, -0.05) is 0 Å². The van der Waals surface area contributed by atoms with E-state index < -0.39 is 5.60 Å². The van der Waals surface area contributed by atoms with E-state index in [2.05, 4.69) is 0 Å². The van der Waals surface area contributed by atoms with E-state index in [9.17, 15) is 9.59 Å². The van der Waals surface area contributed by atoms with Crippen molar-refractivity contribution >= 4 is 11.9 Å². The van der Waals surface area contributed by atoms with Gasteiger partial charge < -0.3 is 9.64 Å². The van der Waals surface area contributed by atoms with Crippen LogP contribution in [0.4, 0.5) is 4.79 Å². The van der Waals surface area contributed by atoms with Crippen molar-refractivity contribution in [1.82, 2.24) is 4.90 Å². The van der Waals surface area contributed by atoms with Gasteiger partial charge in [-0.05, 0) is 33.6 Å². The second kappa shape index (κ2) is 2.79. The first kappa shape index (κ1) is 10.1. The third-order valence-corrected chi connectivity index (χ3v) is 3.84. The maximum atomic E-state index is 12.0. The maximum absolute atomic E-state index is 12.0. The maximum Gasteiger partial charge on any atom is 0.410 e. The summed E-state index contributed by atoms with van der Waals surface area (Å²) in [7, 11) is 0. The van der Waals surface area contributed by atoms with Crippen LogP contribution in [0.1, 0.15) is 33.6 Å². The number of piperidine rings is 1. The van der Waals surface area contributed by atoms with Crippen LogP contribution in [-0.2, 0) is 9.53 Å². The lowest BCUT2D eigenvalue weighted by atomic mass is 10.0. The fourth-order valence-electron chi connectivity index (χ4n) is 3.29. The van der Waals surface area contributed by atoms with Gasteiger partial charge in [-0.2, -0.15) is 0 Å². The third kappa shape index (κ3) is 1.22. The Bertz CT molecular complexity index is 351. The van der Waals surface area contributed by atoms with Crippen LogP contribution in [0.3, 0.4) is 0 Å². The zero-order valence-electron chi connectivity index (χ0n) is 9.90. The molecule has 0 aromatic heterocycles. The number of rotatable bonds is 0. The van der Waals surface area contributed by atoms with Crippen molar-refractivity contribution in [3.8, 4) is 0 Å². The number of hydrogen-bond donors (Lipinski definition) is 0. The molecular weight excluding hydrogens is 206 g/mol. The molecule has 0 radical (unpaired) electrons. The lowest BCUT2D eigenvalue weighted by Gasteiger charge is -2.28. The Balaban J connectivity index is 1.74. The number of carbonyl (C=O) groups excluding carboxylic acids is 2. The van der Waals surface area contributed by atoms with E-state index in [0.29, 0.717) is 5.78 Å². The highest BCUT2D eigenvalue weighted by Gasteiger charge is 2.70. The van der Waals surface area contributed by atoms with E-state index in [1.54, 1.807) is 0 Å². The summed E-state index contributed by atoms with van der Waals surface area (Å²) in [6, 6.07) is 0.273. The topological polar surface area (TPSA) is 46.6 Å². The molecule has 2 aliphatic heterocycles. The number of ether oxygens (including phenoxy) is 1. The number of amides is 1. The standard InChI is InChI=1S/C12H17NO3/c1-12(2,3)16-11(15)13-6-4-5-7(13)9-8(6)10(9)14/h6-9H,4-5H2,1-3H3. The first-order chi connectivity index (χ1) is 7.40. The Labute approximate surface area is 94.9 Å². The predicted molar refractivity (Wildman–Crippen MR) is 56.9 cm³/mol. The third-order valence-electron chi connectivity index (χ3n) is 3.84. The molecule has 3 rings (SSSR count). The molecular formula is C12H17NO3. The summed E-state index contributed by atoms with van der Waals surface area (Å²) in [5.74, 6) is 0.657. The molecule has 0 N–H and O–H groups in total. The second-order valence-electron chi connectivity index (χ2n) is 6.05. The van der Waals surface area contributed by atoms with Gasteiger partial charge >= 0.3 is 6.09 Å². The number of Topliss-reactive ketones (excluding diaryl/α,β-unsaturated/α-hetero) is 1. The average molecular weight is 223 g/mol. The molecule has 4 atom stereocenters. The summed E-state index contributed by atoms with van der Waals surface area (Å²) < 4.78 is 5.38. The Kier molecular flexibility index (Phi) is 1.76. The van der Waals surface area contributed by atoms with Crippen molar-refractivity contribution in [2.45, 2.75) is 51.3 Å². The van der Waals surface area contributed by atoms with Crippen LogP contribution in [0, 0.1) is 11.8 Å². The van der Waals surface area contributed by atoms with Gasteiger partial charge in [0.25, 0.3) is 0 Å². The van der Waals surface area contributed by atoms with Gasteiger partial charge in [-0.25, -0.2) is 4.79 Å². The molecule has 2 bridgehead atoms. The van der Waals surface area contributed by atoms with Crippen LogP contribution in [0.15, 0.2) is 0 Å². The van der Waals surface area contributed by atoms with E-state index in [1.807, 2.05) is 25.7 Å². The van der Waals surface area contributed by atoms with Crippen LogP contribution in [0.5, 0.6) is 0 Å². The van der Waals surface area contributed by atoms with Crippen LogP contribution >= 0.6 is 0 Å². The van der Waals surface area contributed by atoms with Crippen molar-refractivity contribution in [3.63, 3.8) is 0 Å². The molecule has 88 valence electrons. The molecule has 0 spiro atoms. The van der Waals surface area contributed by atoms with Gasteiger partial charge in [-0.15, -0.1) is 0 Å². The molecule has 16 heavy (non-hydrogen) atoms. The lowest BCUT2D eigenvalue weighted by molar-refractivity contribution is -0.113. The van der Waals surface area contributed by atoms with Crippen molar-refractivity contribution in [1.29, 1.82) is 0 Å². The van der Waals surface area contributed by atoms with E-state index in [0.717, 1.165) is 12.8 Å². The molecule has 1 aliphatic carbocycles. The molecule has 4 nitrogen and oxygen atoms in total. The summed E-state index contributed by atoms with van der Waals surface area (Å²) in [5.41, 5.74) is -0.451. The van der Waals surface area contributed by atoms with E-state index in [1.165, 1.54) is 0 Å². The molecule has 2 heterocycles. The van der Waals surface area contributed by atoms with E-state index >= 15 is 0 Å². The summed E-state index contributed by atoms with van der Waals surface area (Å²) in [6.07, 6.45) is 1.70. The second-order valence-corrected chi connectivity index (χ2v) is 6.05. The molecule has 1 amide bonds. The number of carbonyl (C=O) groups is 2. The SMILES string of the molecule is CC(C)(C)OC(=O)N1C2CCC1C1C(=O)C12. The normalized spacial score (nSPS) is 39.9. The van der Waals surface area contributed by atoms with Crippen LogP contribution in [0.2, 0.25) is 0 Å². The van der Waals surface area contributed by atoms with E-state index in [-0.39, 0.29) is 30.0 Å². The molecule has 0 aromatic carbocycles. The van der Waals surface area contributed by atoms with Crippen LogP contribution in [-0.4, -0.2) is 34.5 Å². The minimum absolute atomic E-state index is 0.136. The summed E-state index contributed by atoms with van der Waals surface area (Å²) >= 11 is 0. The highest BCUT2D eigenvalue weighted by atomic mass is 16.6. The molecule has 4 unspecified atom stereocenters. The molecule has 3 aliphatic rings. The van der Waals surface area contributed by atoms with Gasteiger partial charge in [0, 0.05) is 12.1 Å². The highest BCUT2D eigenvalue weighted by molar-refractivity contribution is 6.03.